The van der Waals surface area contributed by atoms with Gasteiger partial charge >= 0.3 is 0 Å². The third-order valence-electron chi connectivity index (χ3n) is 3.32. The number of H-pyrrole nitrogens is 1. The number of carbonyl (C=O) groups is 1. The first-order chi connectivity index (χ1) is 10.0. The zero-order chi connectivity index (χ0) is 15.0. The Morgan fingerprint density at radius 1 is 1.43 bits per heavy atom. The second-order valence-corrected chi connectivity index (χ2v) is 5.25. The standard InChI is InChI=1S/C15H17N5O/c1-9(2)20-8-11(7-17-20)18-15(21)13-6-10-4-3-5-12(16)14(10)19-13/h3-9,19H,16H2,1-2H3,(H,18,21). The van der Waals surface area contributed by atoms with Crippen molar-refractivity contribution in [2.75, 3.05) is 11.1 Å². The van der Waals surface area contributed by atoms with Gasteiger partial charge in [-0.15, -0.1) is 0 Å². The minimum absolute atomic E-state index is 0.214. The molecule has 0 aliphatic rings. The molecule has 6 nitrogen and oxygen atoms in total. The van der Waals surface area contributed by atoms with Crippen LogP contribution < -0.4 is 11.1 Å². The lowest BCUT2D eigenvalue weighted by Gasteiger charge is -2.03. The number of amides is 1. The maximum absolute atomic E-state index is 12.3. The van der Waals surface area contributed by atoms with Gasteiger partial charge in [0, 0.05) is 17.6 Å². The number of hydrogen-bond acceptors (Lipinski definition) is 3. The number of anilines is 2. The van der Waals surface area contributed by atoms with Crippen molar-refractivity contribution in [3.63, 3.8) is 0 Å². The van der Waals surface area contributed by atoms with Gasteiger partial charge in [-0.05, 0) is 26.0 Å². The lowest BCUT2D eigenvalue weighted by molar-refractivity contribution is 0.102. The monoisotopic (exact) mass is 283 g/mol. The second-order valence-electron chi connectivity index (χ2n) is 5.25. The summed E-state index contributed by atoms with van der Waals surface area (Å²) in [6.45, 7) is 4.05. The number of nitrogens with one attached hydrogen (secondary N) is 2. The lowest BCUT2D eigenvalue weighted by atomic mass is 10.2. The Morgan fingerprint density at radius 3 is 2.90 bits per heavy atom. The fourth-order valence-electron chi connectivity index (χ4n) is 2.19. The first kappa shape index (κ1) is 13.2. The van der Waals surface area contributed by atoms with Gasteiger partial charge in [0.25, 0.3) is 5.91 Å². The molecule has 1 amide bonds. The topological polar surface area (TPSA) is 88.7 Å². The number of aromatic amines is 1. The number of nitrogens with zero attached hydrogens (tertiary/aromatic N) is 2. The normalized spacial score (nSPS) is 11.2. The average Bonchev–Trinajstić information content (AvgIpc) is 3.05. The van der Waals surface area contributed by atoms with Crippen LogP contribution in [0.1, 0.15) is 30.4 Å². The summed E-state index contributed by atoms with van der Waals surface area (Å²) in [6.07, 6.45) is 3.44. The van der Waals surface area contributed by atoms with Crippen LogP contribution in [-0.4, -0.2) is 20.7 Å². The zero-order valence-corrected chi connectivity index (χ0v) is 11.9. The summed E-state index contributed by atoms with van der Waals surface area (Å²) < 4.78 is 1.79. The van der Waals surface area contributed by atoms with Crippen LogP contribution in [0.15, 0.2) is 36.7 Å². The van der Waals surface area contributed by atoms with Crippen molar-refractivity contribution in [1.82, 2.24) is 14.8 Å². The van der Waals surface area contributed by atoms with E-state index in [4.69, 9.17) is 5.73 Å². The summed E-state index contributed by atoms with van der Waals surface area (Å²) in [5, 5.41) is 7.93. The smallest absolute Gasteiger partial charge is 0.272 e. The second kappa shape index (κ2) is 4.97. The molecule has 0 aliphatic heterocycles. The number of benzene rings is 1. The SMILES string of the molecule is CC(C)n1cc(NC(=O)c2cc3cccc(N)c3[nH]2)cn1. The van der Waals surface area contributed by atoms with Crippen molar-refractivity contribution in [2.45, 2.75) is 19.9 Å². The first-order valence-corrected chi connectivity index (χ1v) is 6.77. The van der Waals surface area contributed by atoms with Crippen molar-refractivity contribution < 1.29 is 4.79 Å². The number of carbonyl (C=O) groups excluding carboxylic acids is 1. The number of para-hydroxylation sites is 1. The maximum Gasteiger partial charge on any atom is 0.272 e. The molecule has 4 N–H and O–H groups in total. The van der Waals surface area contributed by atoms with E-state index in [1.807, 2.05) is 26.0 Å². The van der Waals surface area contributed by atoms with Crippen molar-refractivity contribution in [3.8, 4) is 0 Å². The first-order valence-electron chi connectivity index (χ1n) is 6.77. The summed E-state index contributed by atoms with van der Waals surface area (Å²) in [7, 11) is 0. The minimum Gasteiger partial charge on any atom is -0.397 e. The molecule has 108 valence electrons. The number of nitrogen functional groups attached to an aromatic ring is 1. The van der Waals surface area contributed by atoms with Crippen molar-refractivity contribution >= 4 is 28.2 Å². The predicted molar refractivity (Wildman–Crippen MR) is 83.3 cm³/mol. The predicted octanol–water partition coefficient (Wildman–Crippen LogP) is 2.78. The Hall–Kier alpha value is -2.76. The Kier molecular flexibility index (Phi) is 3.13. The highest BCUT2D eigenvalue weighted by molar-refractivity contribution is 6.07. The molecule has 0 saturated heterocycles. The Morgan fingerprint density at radius 2 is 2.24 bits per heavy atom. The molecule has 0 saturated carbocycles. The minimum atomic E-state index is -0.214. The number of rotatable bonds is 3. The fraction of sp³-hybridized carbons (Fsp3) is 0.200. The van der Waals surface area contributed by atoms with Crippen LogP contribution in [0.5, 0.6) is 0 Å². The summed E-state index contributed by atoms with van der Waals surface area (Å²) in [6, 6.07) is 7.61. The van der Waals surface area contributed by atoms with E-state index >= 15 is 0 Å². The number of fused-ring (bicyclic) bond motifs is 1. The van der Waals surface area contributed by atoms with Crippen LogP contribution in [0.25, 0.3) is 10.9 Å². The number of nitrogens with two attached hydrogens (primary N) is 1. The van der Waals surface area contributed by atoms with Gasteiger partial charge in [-0.3, -0.25) is 9.48 Å². The van der Waals surface area contributed by atoms with Gasteiger partial charge in [0.1, 0.15) is 5.69 Å². The van der Waals surface area contributed by atoms with Gasteiger partial charge < -0.3 is 16.0 Å². The molecular weight excluding hydrogens is 266 g/mol. The van der Waals surface area contributed by atoms with Crippen molar-refractivity contribution in [2.24, 2.45) is 0 Å². The van der Waals surface area contributed by atoms with Crippen molar-refractivity contribution in [3.05, 3.63) is 42.4 Å². The van der Waals surface area contributed by atoms with E-state index in [0.717, 1.165) is 10.9 Å². The van der Waals surface area contributed by atoms with E-state index in [0.29, 0.717) is 17.1 Å². The lowest BCUT2D eigenvalue weighted by Crippen LogP contribution is -2.11. The van der Waals surface area contributed by atoms with Crippen LogP contribution in [0, 0.1) is 0 Å². The molecule has 0 aliphatic carbocycles. The molecule has 21 heavy (non-hydrogen) atoms. The molecule has 0 unspecified atom stereocenters. The van der Waals surface area contributed by atoms with E-state index in [9.17, 15) is 4.79 Å². The quantitative estimate of drug-likeness (QED) is 0.646. The molecule has 3 rings (SSSR count). The van der Waals surface area contributed by atoms with Crippen LogP contribution in [-0.2, 0) is 0 Å². The van der Waals surface area contributed by atoms with Gasteiger partial charge in [0.15, 0.2) is 0 Å². The largest absolute Gasteiger partial charge is 0.397 e. The highest BCUT2D eigenvalue weighted by Gasteiger charge is 2.12. The molecule has 0 radical (unpaired) electrons. The maximum atomic E-state index is 12.3. The van der Waals surface area contributed by atoms with E-state index in [2.05, 4.69) is 15.4 Å². The zero-order valence-electron chi connectivity index (χ0n) is 11.9. The third kappa shape index (κ3) is 2.47. The molecule has 0 fully saturated rings. The summed E-state index contributed by atoms with van der Waals surface area (Å²) in [5.74, 6) is -0.214. The Labute approximate surface area is 121 Å². The molecular formula is C15H17N5O. The summed E-state index contributed by atoms with van der Waals surface area (Å²) in [5.41, 5.74) is 8.42. The van der Waals surface area contributed by atoms with Crippen LogP contribution >= 0.6 is 0 Å². The summed E-state index contributed by atoms with van der Waals surface area (Å²) >= 11 is 0. The van der Waals surface area contributed by atoms with Crippen molar-refractivity contribution in [1.29, 1.82) is 0 Å². The van der Waals surface area contributed by atoms with Crippen LogP contribution in [0.3, 0.4) is 0 Å². The molecule has 1 aromatic carbocycles. The highest BCUT2D eigenvalue weighted by atomic mass is 16.1. The molecule has 0 spiro atoms. The summed E-state index contributed by atoms with van der Waals surface area (Å²) in [4.78, 5) is 15.3. The average molecular weight is 283 g/mol. The molecule has 0 bridgehead atoms. The molecule has 3 aromatic rings. The van der Waals surface area contributed by atoms with Gasteiger partial charge in [-0.2, -0.15) is 5.10 Å². The third-order valence-corrected chi connectivity index (χ3v) is 3.32. The van der Waals surface area contributed by atoms with Gasteiger partial charge in [0.2, 0.25) is 0 Å². The van der Waals surface area contributed by atoms with E-state index in [1.165, 1.54) is 0 Å². The highest BCUT2D eigenvalue weighted by Crippen LogP contribution is 2.21. The van der Waals surface area contributed by atoms with Gasteiger partial charge in [0.05, 0.1) is 23.1 Å². The Balaban J connectivity index is 1.84. The molecule has 2 aromatic heterocycles. The molecule has 2 heterocycles. The molecule has 0 atom stereocenters. The molecule has 6 heteroatoms. The van der Waals surface area contributed by atoms with Crippen LogP contribution in [0.4, 0.5) is 11.4 Å². The number of aromatic nitrogens is 3. The van der Waals surface area contributed by atoms with Gasteiger partial charge in [-0.25, -0.2) is 0 Å². The van der Waals surface area contributed by atoms with E-state index in [1.54, 1.807) is 29.2 Å². The fourth-order valence-corrected chi connectivity index (χ4v) is 2.19. The van der Waals surface area contributed by atoms with E-state index in [-0.39, 0.29) is 11.9 Å². The Bertz CT molecular complexity index is 799. The van der Waals surface area contributed by atoms with Gasteiger partial charge in [-0.1, -0.05) is 12.1 Å². The van der Waals surface area contributed by atoms with Crippen LogP contribution in [0.2, 0.25) is 0 Å². The number of hydrogen-bond donors (Lipinski definition) is 3. The van der Waals surface area contributed by atoms with E-state index < -0.39 is 0 Å².